The number of carbonyl (C=O) groups is 2. The number of hydrogen-bond acceptors (Lipinski definition) is 5. The molecule has 98 valence electrons. The van der Waals surface area contributed by atoms with Crippen LogP contribution in [0, 0.1) is 0 Å². The third kappa shape index (κ3) is 1.54. The Morgan fingerprint density at radius 1 is 1.11 bits per heavy atom. The minimum Gasteiger partial charge on any atom is -0.507 e. The Morgan fingerprint density at radius 2 is 1.68 bits per heavy atom. The molecule has 1 atom stereocenters. The average molecular weight is 260 g/mol. The van der Waals surface area contributed by atoms with Gasteiger partial charge >= 0.3 is 0 Å². The molecular weight excluding hydrogens is 248 g/mol. The van der Waals surface area contributed by atoms with Crippen LogP contribution in [-0.2, 0) is 6.42 Å². The topological polar surface area (TPSA) is 83.8 Å². The number of fused-ring (bicyclic) bond motifs is 2. The number of phenols is 2. The second-order valence-corrected chi connectivity index (χ2v) is 4.78. The number of hydrogen-bond donors (Lipinski definition) is 2. The van der Waals surface area contributed by atoms with Crippen LogP contribution in [0.3, 0.4) is 0 Å². The van der Waals surface area contributed by atoms with Crippen molar-refractivity contribution in [2.45, 2.75) is 25.9 Å². The Morgan fingerprint density at radius 3 is 2.32 bits per heavy atom. The summed E-state index contributed by atoms with van der Waals surface area (Å²) in [6, 6.07) is 0. The molecule has 19 heavy (non-hydrogen) atoms. The molecule has 1 unspecified atom stereocenters. The summed E-state index contributed by atoms with van der Waals surface area (Å²) in [5.74, 6) is -1.48. The van der Waals surface area contributed by atoms with Crippen molar-refractivity contribution in [3.8, 4) is 17.2 Å². The van der Waals surface area contributed by atoms with Gasteiger partial charge in [-0.1, -0.05) is 0 Å². The van der Waals surface area contributed by atoms with Crippen molar-refractivity contribution in [2.75, 3.05) is 0 Å². The summed E-state index contributed by atoms with van der Waals surface area (Å²) in [5, 5.41) is 20.3. The van der Waals surface area contributed by atoms with E-state index >= 15 is 0 Å². The van der Waals surface area contributed by atoms with E-state index in [9.17, 15) is 19.8 Å². The minimum absolute atomic E-state index is 0.110. The van der Waals surface area contributed by atoms with Gasteiger partial charge in [-0.15, -0.1) is 0 Å². The third-order valence-corrected chi connectivity index (χ3v) is 3.50. The summed E-state index contributed by atoms with van der Waals surface area (Å²) >= 11 is 0. The number of allylic oxidation sites excluding steroid dienone is 2. The van der Waals surface area contributed by atoms with E-state index in [1.165, 1.54) is 0 Å². The molecule has 5 nitrogen and oxygen atoms in total. The summed E-state index contributed by atoms with van der Waals surface area (Å²) in [6.07, 6.45) is 3.25. The van der Waals surface area contributed by atoms with Crippen LogP contribution in [-0.4, -0.2) is 27.9 Å². The first-order valence-electron chi connectivity index (χ1n) is 6.05. The van der Waals surface area contributed by atoms with E-state index in [2.05, 4.69) is 0 Å². The number of ketones is 2. The van der Waals surface area contributed by atoms with Gasteiger partial charge < -0.3 is 14.9 Å². The van der Waals surface area contributed by atoms with Gasteiger partial charge in [0.25, 0.3) is 0 Å². The van der Waals surface area contributed by atoms with Gasteiger partial charge in [0.1, 0.15) is 5.75 Å². The van der Waals surface area contributed by atoms with Crippen LogP contribution in [0.4, 0.5) is 0 Å². The molecule has 0 fully saturated rings. The van der Waals surface area contributed by atoms with Crippen LogP contribution in [0.25, 0.3) is 0 Å². The number of aromatic hydroxyl groups is 2. The van der Waals surface area contributed by atoms with E-state index in [0.717, 1.165) is 12.2 Å². The van der Waals surface area contributed by atoms with E-state index < -0.39 is 11.6 Å². The molecule has 1 aliphatic heterocycles. The summed E-state index contributed by atoms with van der Waals surface area (Å²) in [7, 11) is 0. The molecule has 0 saturated carbocycles. The van der Waals surface area contributed by atoms with Gasteiger partial charge in [-0.25, -0.2) is 0 Å². The van der Waals surface area contributed by atoms with Crippen molar-refractivity contribution >= 4 is 11.6 Å². The zero-order valence-electron chi connectivity index (χ0n) is 10.3. The molecule has 1 aromatic rings. The lowest BCUT2D eigenvalue weighted by molar-refractivity contribution is 0.0986. The maximum atomic E-state index is 11.8. The Labute approximate surface area is 109 Å². The zero-order valence-corrected chi connectivity index (χ0v) is 10.3. The molecule has 0 bridgehead atoms. The Hall–Kier alpha value is -2.30. The Balaban J connectivity index is 2.34. The number of ether oxygens (including phenoxy) is 1. The molecule has 0 amide bonds. The second kappa shape index (κ2) is 3.85. The molecule has 1 heterocycles. The van der Waals surface area contributed by atoms with Crippen LogP contribution < -0.4 is 4.74 Å². The Bertz CT molecular complexity index is 642. The van der Waals surface area contributed by atoms with E-state index in [1.54, 1.807) is 0 Å². The molecule has 1 aliphatic carbocycles. The minimum atomic E-state index is -0.507. The molecule has 3 rings (SSSR count). The maximum absolute atomic E-state index is 11.8. The average Bonchev–Trinajstić information content (AvgIpc) is 2.38. The fraction of sp³-hybridized carbons (Fsp3) is 0.286. The standard InChI is InChI=1S/C14H12O5/c1-6-2-3-7-12(17)10-8(15)4-5-9(16)11(10)13(18)14(7)19-6/h4-6,17-18H,2-3H2,1H3. The first kappa shape index (κ1) is 11.8. The Kier molecular flexibility index (Phi) is 2.38. The maximum Gasteiger partial charge on any atom is 0.190 e. The molecule has 5 heteroatoms. The van der Waals surface area contributed by atoms with Crippen molar-refractivity contribution in [3.05, 3.63) is 28.8 Å². The molecule has 0 aromatic heterocycles. The van der Waals surface area contributed by atoms with Crippen molar-refractivity contribution in [1.82, 2.24) is 0 Å². The second-order valence-electron chi connectivity index (χ2n) is 4.78. The number of rotatable bonds is 0. The van der Waals surface area contributed by atoms with E-state index in [-0.39, 0.29) is 34.5 Å². The molecule has 0 saturated heterocycles. The molecule has 0 radical (unpaired) electrons. The van der Waals surface area contributed by atoms with Crippen molar-refractivity contribution in [2.24, 2.45) is 0 Å². The van der Waals surface area contributed by atoms with Crippen LogP contribution in [0.15, 0.2) is 12.2 Å². The highest BCUT2D eigenvalue weighted by Crippen LogP contribution is 2.47. The predicted octanol–water partition coefficient (Wildman–Crippen LogP) is 1.75. The van der Waals surface area contributed by atoms with E-state index in [4.69, 9.17) is 4.74 Å². The molecule has 2 N–H and O–H groups in total. The van der Waals surface area contributed by atoms with E-state index in [1.807, 2.05) is 6.92 Å². The first-order valence-corrected chi connectivity index (χ1v) is 6.05. The van der Waals surface area contributed by atoms with Gasteiger partial charge in [0.2, 0.25) is 0 Å². The number of benzene rings is 1. The third-order valence-electron chi connectivity index (χ3n) is 3.50. The quantitative estimate of drug-likeness (QED) is 0.694. The van der Waals surface area contributed by atoms with Gasteiger partial charge in [0, 0.05) is 5.56 Å². The molecule has 1 aromatic carbocycles. The van der Waals surface area contributed by atoms with Crippen molar-refractivity contribution in [3.63, 3.8) is 0 Å². The monoisotopic (exact) mass is 260 g/mol. The summed E-state index contributed by atoms with van der Waals surface area (Å²) in [6.45, 7) is 1.84. The highest BCUT2D eigenvalue weighted by atomic mass is 16.5. The van der Waals surface area contributed by atoms with E-state index in [0.29, 0.717) is 18.4 Å². The smallest absolute Gasteiger partial charge is 0.190 e. The lowest BCUT2D eigenvalue weighted by Gasteiger charge is -2.27. The van der Waals surface area contributed by atoms with Crippen LogP contribution in [0.1, 0.15) is 39.6 Å². The fourth-order valence-electron chi connectivity index (χ4n) is 2.52. The zero-order chi connectivity index (χ0) is 13.7. The normalized spacial score (nSPS) is 20.8. The highest BCUT2D eigenvalue weighted by molar-refractivity contribution is 6.24. The van der Waals surface area contributed by atoms with Crippen molar-refractivity contribution in [1.29, 1.82) is 0 Å². The predicted molar refractivity (Wildman–Crippen MR) is 66.0 cm³/mol. The number of phenolic OH excluding ortho intramolecular Hbond substituents is 2. The summed E-state index contributed by atoms with van der Waals surface area (Å²) in [4.78, 5) is 23.6. The first-order chi connectivity index (χ1) is 9.00. The van der Waals surface area contributed by atoms with Crippen LogP contribution in [0.2, 0.25) is 0 Å². The SMILES string of the molecule is CC1CCc2c(O)c3c(c(O)c2O1)C(=O)C=CC3=O. The van der Waals surface area contributed by atoms with Gasteiger partial charge in [0.15, 0.2) is 23.1 Å². The lowest BCUT2D eigenvalue weighted by atomic mass is 9.88. The molecule has 2 aliphatic rings. The lowest BCUT2D eigenvalue weighted by Crippen LogP contribution is -2.22. The fourth-order valence-corrected chi connectivity index (χ4v) is 2.52. The van der Waals surface area contributed by atoms with Gasteiger partial charge in [0.05, 0.1) is 17.2 Å². The summed E-state index contributed by atoms with van der Waals surface area (Å²) < 4.78 is 5.50. The molecular formula is C14H12O5. The molecule has 0 spiro atoms. The van der Waals surface area contributed by atoms with Gasteiger partial charge in [-0.3, -0.25) is 9.59 Å². The highest BCUT2D eigenvalue weighted by Gasteiger charge is 2.34. The van der Waals surface area contributed by atoms with Gasteiger partial charge in [-0.2, -0.15) is 0 Å². The number of carbonyl (C=O) groups excluding carboxylic acids is 2. The van der Waals surface area contributed by atoms with Crippen LogP contribution in [0.5, 0.6) is 17.2 Å². The van der Waals surface area contributed by atoms with Crippen molar-refractivity contribution < 1.29 is 24.5 Å². The summed E-state index contributed by atoms with van der Waals surface area (Å²) in [5.41, 5.74) is 0.102. The van der Waals surface area contributed by atoms with Gasteiger partial charge in [-0.05, 0) is 31.9 Å². The largest absolute Gasteiger partial charge is 0.507 e. The van der Waals surface area contributed by atoms with Crippen LogP contribution >= 0.6 is 0 Å².